The molecule has 0 spiro atoms. The van der Waals surface area contributed by atoms with E-state index in [1.165, 1.54) is 6.07 Å². The summed E-state index contributed by atoms with van der Waals surface area (Å²) in [5, 5.41) is 6.61. The number of aryl methyl sites for hydroxylation is 1. The number of hydrogen-bond donors (Lipinski definition) is 2. The molecule has 0 amide bonds. The topological polar surface area (TPSA) is 54.9 Å². The molecular weight excluding hydrogens is 321 g/mol. The van der Waals surface area contributed by atoms with Crippen LogP contribution in [0, 0.1) is 5.82 Å². The summed E-state index contributed by atoms with van der Waals surface area (Å²) < 4.78 is 24.3. The van der Waals surface area contributed by atoms with Crippen molar-refractivity contribution in [1.29, 1.82) is 0 Å². The summed E-state index contributed by atoms with van der Waals surface area (Å²) in [6.45, 7) is 7.73. The summed E-state index contributed by atoms with van der Waals surface area (Å²) in [4.78, 5) is 4.59. The standard InChI is InChI=1S/C19H30FN3O2/c1-3-21-19(23-15(2)13-25-18-9-11-24-14-18)22-10-5-7-16-6-4-8-17(20)12-16/h4,6,8,12,15,18H,3,5,7,9-11,13-14H2,1-2H3,(H2,21,22,23). The minimum Gasteiger partial charge on any atom is -0.379 e. The third-order valence-corrected chi connectivity index (χ3v) is 3.98. The Morgan fingerprint density at radius 1 is 1.48 bits per heavy atom. The Hall–Kier alpha value is -1.66. The van der Waals surface area contributed by atoms with E-state index < -0.39 is 0 Å². The van der Waals surface area contributed by atoms with Crippen molar-refractivity contribution >= 4 is 5.96 Å². The van der Waals surface area contributed by atoms with Crippen LogP contribution < -0.4 is 10.6 Å². The molecule has 2 N–H and O–H groups in total. The highest BCUT2D eigenvalue weighted by molar-refractivity contribution is 5.80. The van der Waals surface area contributed by atoms with Crippen molar-refractivity contribution < 1.29 is 13.9 Å². The van der Waals surface area contributed by atoms with E-state index in [-0.39, 0.29) is 18.0 Å². The zero-order valence-corrected chi connectivity index (χ0v) is 15.3. The summed E-state index contributed by atoms with van der Waals surface area (Å²) >= 11 is 0. The minimum atomic E-state index is -0.183. The van der Waals surface area contributed by atoms with Gasteiger partial charge in [-0.3, -0.25) is 4.99 Å². The highest BCUT2D eigenvalue weighted by Gasteiger charge is 2.17. The van der Waals surface area contributed by atoms with Crippen LogP contribution in [0.15, 0.2) is 29.3 Å². The predicted octanol–water partition coefficient (Wildman–Crippen LogP) is 2.51. The maximum atomic E-state index is 13.2. The van der Waals surface area contributed by atoms with Gasteiger partial charge in [-0.1, -0.05) is 12.1 Å². The Bertz CT molecular complexity index is 533. The lowest BCUT2D eigenvalue weighted by Crippen LogP contribution is -2.44. The average Bonchev–Trinajstić information content (AvgIpc) is 3.11. The predicted molar refractivity (Wildman–Crippen MR) is 98.5 cm³/mol. The van der Waals surface area contributed by atoms with E-state index in [4.69, 9.17) is 9.47 Å². The van der Waals surface area contributed by atoms with Crippen LogP contribution >= 0.6 is 0 Å². The quantitative estimate of drug-likeness (QED) is 0.408. The van der Waals surface area contributed by atoms with Crippen molar-refractivity contribution in [2.45, 2.75) is 45.3 Å². The lowest BCUT2D eigenvalue weighted by Gasteiger charge is -2.19. The SMILES string of the molecule is CCNC(=NCCCc1cccc(F)c1)NC(C)COC1CCOC1. The van der Waals surface area contributed by atoms with Gasteiger partial charge in [0.1, 0.15) is 5.82 Å². The highest BCUT2D eigenvalue weighted by Crippen LogP contribution is 2.08. The smallest absolute Gasteiger partial charge is 0.191 e. The van der Waals surface area contributed by atoms with Gasteiger partial charge in [-0.25, -0.2) is 4.39 Å². The Labute approximate surface area is 150 Å². The van der Waals surface area contributed by atoms with Gasteiger partial charge in [-0.2, -0.15) is 0 Å². The molecule has 1 aliphatic rings. The molecule has 0 radical (unpaired) electrons. The molecule has 0 saturated carbocycles. The number of halogens is 1. The molecule has 2 atom stereocenters. The summed E-state index contributed by atoms with van der Waals surface area (Å²) in [6, 6.07) is 6.91. The molecule has 1 aromatic carbocycles. The fourth-order valence-electron chi connectivity index (χ4n) is 2.69. The van der Waals surface area contributed by atoms with Crippen molar-refractivity contribution in [2.24, 2.45) is 4.99 Å². The molecule has 6 heteroatoms. The molecule has 0 bridgehead atoms. The van der Waals surface area contributed by atoms with Crippen LogP contribution in [0.25, 0.3) is 0 Å². The second-order valence-corrected chi connectivity index (χ2v) is 6.36. The number of ether oxygens (including phenoxy) is 2. The van der Waals surface area contributed by atoms with Gasteiger partial charge in [0.05, 0.1) is 19.3 Å². The Kier molecular flexibility index (Phi) is 8.69. The van der Waals surface area contributed by atoms with Crippen LogP contribution in [-0.2, 0) is 15.9 Å². The molecule has 1 aliphatic heterocycles. The molecule has 1 saturated heterocycles. The normalized spacial score (nSPS) is 19.0. The largest absolute Gasteiger partial charge is 0.379 e. The molecular formula is C19H30FN3O2. The number of nitrogens with zero attached hydrogens (tertiary/aromatic N) is 1. The van der Waals surface area contributed by atoms with Gasteiger partial charge in [0.2, 0.25) is 0 Å². The van der Waals surface area contributed by atoms with Gasteiger partial charge in [0.25, 0.3) is 0 Å². The zero-order chi connectivity index (χ0) is 17.9. The van der Waals surface area contributed by atoms with E-state index in [9.17, 15) is 4.39 Å². The lowest BCUT2D eigenvalue weighted by molar-refractivity contribution is 0.0347. The van der Waals surface area contributed by atoms with Crippen molar-refractivity contribution in [2.75, 3.05) is 32.9 Å². The molecule has 0 aliphatic carbocycles. The van der Waals surface area contributed by atoms with Crippen LogP contribution in [0.2, 0.25) is 0 Å². The van der Waals surface area contributed by atoms with Crippen molar-refractivity contribution in [3.05, 3.63) is 35.6 Å². The minimum absolute atomic E-state index is 0.168. The molecule has 2 rings (SSSR count). The van der Waals surface area contributed by atoms with Crippen LogP contribution in [0.1, 0.15) is 32.3 Å². The summed E-state index contributed by atoms with van der Waals surface area (Å²) in [5.41, 5.74) is 1.01. The molecule has 1 heterocycles. The second kappa shape index (κ2) is 11.1. The van der Waals surface area contributed by atoms with Crippen LogP contribution in [0.3, 0.4) is 0 Å². The van der Waals surface area contributed by atoms with E-state index in [1.54, 1.807) is 12.1 Å². The molecule has 1 aromatic rings. The van der Waals surface area contributed by atoms with Crippen molar-refractivity contribution in [3.63, 3.8) is 0 Å². The Morgan fingerprint density at radius 3 is 3.08 bits per heavy atom. The van der Waals surface area contributed by atoms with E-state index in [0.29, 0.717) is 19.8 Å². The lowest BCUT2D eigenvalue weighted by atomic mass is 10.1. The van der Waals surface area contributed by atoms with E-state index in [0.717, 1.165) is 43.9 Å². The van der Waals surface area contributed by atoms with E-state index >= 15 is 0 Å². The summed E-state index contributed by atoms with van der Waals surface area (Å²) in [7, 11) is 0. The monoisotopic (exact) mass is 351 g/mol. The molecule has 0 aromatic heterocycles. The molecule has 1 fully saturated rings. The van der Waals surface area contributed by atoms with Crippen LogP contribution in [0.5, 0.6) is 0 Å². The number of rotatable bonds is 9. The number of nitrogens with one attached hydrogen (secondary N) is 2. The second-order valence-electron chi connectivity index (χ2n) is 6.36. The van der Waals surface area contributed by atoms with Crippen molar-refractivity contribution in [3.8, 4) is 0 Å². The third kappa shape index (κ3) is 7.84. The fourth-order valence-corrected chi connectivity index (χ4v) is 2.69. The van der Waals surface area contributed by atoms with Crippen molar-refractivity contribution in [1.82, 2.24) is 10.6 Å². The van der Waals surface area contributed by atoms with Gasteiger partial charge in [-0.05, 0) is 50.8 Å². The van der Waals surface area contributed by atoms with Gasteiger partial charge in [-0.15, -0.1) is 0 Å². The average molecular weight is 351 g/mol. The number of hydrogen-bond acceptors (Lipinski definition) is 3. The molecule has 2 unspecified atom stereocenters. The first-order valence-corrected chi connectivity index (χ1v) is 9.16. The fraction of sp³-hybridized carbons (Fsp3) is 0.632. The van der Waals surface area contributed by atoms with Crippen LogP contribution in [0.4, 0.5) is 4.39 Å². The van der Waals surface area contributed by atoms with Gasteiger partial charge in [0.15, 0.2) is 5.96 Å². The number of aliphatic imine (C=N–C) groups is 1. The Balaban J connectivity index is 1.70. The zero-order valence-electron chi connectivity index (χ0n) is 15.3. The third-order valence-electron chi connectivity index (χ3n) is 3.98. The highest BCUT2D eigenvalue weighted by atomic mass is 19.1. The first-order chi connectivity index (χ1) is 12.2. The van der Waals surface area contributed by atoms with Crippen LogP contribution in [-0.4, -0.2) is 51.0 Å². The maximum Gasteiger partial charge on any atom is 0.191 e. The molecule has 140 valence electrons. The first-order valence-electron chi connectivity index (χ1n) is 9.16. The maximum absolute atomic E-state index is 13.2. The van der Waals surface area contributed by atoms with Gasteiger partial charge < -0.3 is 20.1 Å². The molecule has 25 heavy (non-hydrogen) atoms. The van der Waals surface area contributed by atoms with Gasteiger partial charge >= 0.3 is 0 Å². The summed E-state index contributed by atoms with van der Waals surface area (Å²) in [6.07, 6.45) is 2.89. The first kappa shape index (κ1) is 19.7. The number of guanidine groups is 1. The van der Waals surface area contributed by atoms with E-state index in [2.05, 4.69) is 22.5 Å². The summed E-state index contributed by atoms with van der Waals surface area (Å²) in [5.74, 6) is 0.609. The number of benzene rings is 1. The Morgan fingerprint density at radius 2 is 2.36 bits per heavy atom. The van der Waals surface area contributed by atoms with Gasteiger partial charge in [0, 0.05) is 25.7 Å². The van der Waals surface area contributed by atoms with E-state index in [1.807, 2.05) is 13.0 Å². The molecule has 5 nitrogen and oxygen atoms in total.